The van der Waals surface area contributed by atoms with Crippen LogP contribution in [-0.4, -0.2) is 13.2 Å². The Morgan fingerprint density at radius 3 is 2.55 bits per heavy atom. The van der Waals surface area contributed by atoms with Gasteiger partial charge in [0.1, 0.15) is 12.4 Å². The Balaban J connectivity index is 1.76. The average molecular weight is 355 g/mol. The van der Waals surface area contributed by atoms with Crippen LogP contribution >= 0.6 is 27.5 Å². The Bertz CT molecular complexity index is 544. The average Bonchev–Trinajstić information content (AvgIpc) is 2.46. The summed E-state index contributed by atoms with van der Waals surface area (Å²) in [5.74, 6) is 0.875. The Morgan fingerprint density at radius 1 is 1.15 bits per heavy atom. The molecular weight excluding hydrogens is 338 g/mol. The molecule has 0 aliphatic heterocycles. The topological polar surface area (TPSA) is 21.3 Å². The first-order chi connectivity index (χ1) is 9.66. The van der Waals surface area contributed by atoms with Crippen LogP contribution in [0.2, 0.25) is 5.02 Å². The van der Waals surface area contributed by atoms with Crippen molar-refractivity contribution < 1.29 is 4.74 Å². The molecule has 0 saturated heterocycles. The third-order valence-corrected chi connectivity index (χ3v) is 3.88. The second kappa shape index (κ2) is 7.67. The zero-order valence-electron chi connectivity index (χ0n) is 11.3. The van der Waals surface area contributed by atoms with Crippen molar-refractivity contribution in [3.63, 3.8) is 0 Å². The maximum Gasteiger partial charge on any atom is 0.119 e. The van der Waals surface area contributed by atoms with Crippen molar-refractivity contribution >= 4 is 27.5 Å². The third-order valence-electron chi connectivity index (χ3n) is 3.01. The van der Waals surface area contributed by atoms with Gasteiger partial charge in [-0.15, -0.1) is 0 Å². The van der Waals surface area contributed by atoms with Crippen LogP contribution in [0.1, 0.15) is 18.5 Å². The Labute approximate surface area is 133 Å². The van der Waals surface area contributed by atoms with Crippen LogP contribution in [0.4, 0.5) is 0 Å². The van der Waals surface area contributed by atoms with Crippen molar-refractivity contribution in [3.05, 3.63) is 63.6 Å². The van der Waals surface area contributed by atoms with Gasteiger partial charge in [-0.1, -0.05) is 45.7 Å². The van der Waals surface area contributed by atoms with Gasteiger partial charge in [-0.05, 0) is 42.8 Å². The minimum Gasteiger partial charge on any atom is -0.492 e. The smallest absolute Gasteiger partial charge is 0.119 e. The predicted octanol–water partition coefficient (Wildman–Crippen LogP) is 4.83. The van der Waals surface area contributed by atoms with Crippen LogP contribution in [-0.2, 0) is 0 Å². The van der Waals surface area contributed by atoms with Gasteiger partial charge in [-0.3, -0.25) is 0 Å². The number of hydrogen-bond donors (Lipinski definition) is 1. The SMILES string of the molecule is C[C@@H](NCCOc1ccc(Br)cc1)c1ccccc1Cl. The molecule has 2 aromatic rings. The summed E-state index contributed by atoms with van der Waals surface area (Å²) in [6.07, 6.45) is 0. The molecule has 0 bridgehead atoms. The van der Waals surface area contributed by atoms with Crippen molar-refractivity contribution in [3.8, 4) is 5.75 Å². The van der Waals surface area contributed by atoms with Gasteiger partial charge in [0.15, 0.2) is 0 Å². The van der Waals surface area contributed by atoms with Gasteiger partial charge in [0, 0.05) is 22.1 Å². The lowest BCUT2D eigenvalue weighted by Gasteiger charge is -2.16. The fraction of sp³-hybridized carbons (Fsp3) is 0.250. The second-order valence-corrected chi connectivity index (χ2v) is 5.82. The zero-order valence-corrected chi connectivity index (χ0v) is 13.6. The first-order valence-electron chi connectivity index (χ1n) is 6.53. The van der Waals surface area contributed by atoms with E-state index in [-0.39, 0.29) is 6.04 Å². The van der Waals surface area contributed by atoms with E-state index >= 15 is 0 Å². The number of nitrogens with one attached hydrogen (secondary N) is 1. The highest BCUT2D eigenvalue weighted by atomic mass is 79.9. The predicted molar refractivity (Wildman–Crippen MR) is 87.5 cm³/mol. The molecule has 1 N–H and O–H groups in total. The molecule has 0 fully saturated rings. The molecule has 0 radical (unpaired) electrons. The number of halogens is 2. The van der Waals surface area contributed by atoms with Crippen molar-refractivity contribution in [2.24, 2.45) is 0 Å². The van der Waals surface area contributed by atoms with Gasteiger partial charge in [0.25, 0.3) is 0 Å². The van der Waals surface area contributed by atoms with E-state index in [2.05, 4.69) is 28.2 Å². The van der Waals surface area contributed by atoms with Crippen molar-refractivity contribution in [2.75, 3.05) is 13.2 Å². The van der Waals surface area contributed by atoms with E-state index in [1.165, 1.54) is 0 Å². The van der Waals surface area contributed by atoms with Gasteiger partial charge in [-0.2, -0.15) is 0 Å². The summed E-state index contributed by atoms with van der Waals surface area (Å²) in [4.78, 5) is 0. The summed E-state index contributed by atoms with van der Waals surface area (Å²) in [7, 11) is 0. The quantitative estimate of drug-likeness (QED) is 0.750. The van der Waals surface area contributed by atoms with E-state index in [0.29, 0.717) is 6.61 Å². The number of ether oxygens (including phenoxy) is 1. The maximum atomic E-state index is 6.17. The van der Waals surface area contributed by atoms with E-state index in [4.69, 9.17) is 16.3 Å². The first-order valence-corrected chi connectivity index (χ1v) is 7.70. The zero-order chi connectivity index (χ0) is 14.4. The van der Waals surface area contributed by atoms with E-state index in [9.17, 15) is 0 Å². The summed E-state index contributed by atoms with van der Waals surface area (Å²) in [6, 6.07) is 15.9. The monoisotopic (exact) mass is 353 g/mol. The number of benzene rings is 2. The molecule has 0 amide bonds. The van der Waals surface area contributed by atoms with E-state index in [0.717, 1.165) is 27.4 Å². The van der Waals surface area contributed by atoms with Crippen LogP contribution in [0.3, 0.4) is 0 Å². The minimum absolute atomic E-state index is 0.206. The molecule has 2 rings (SSSR count). The largest absolute Gasteiger partial charge is 0.492 e. The molecule has 1 atom stereocenters. The van der Waals surface area contributed by atoms with Crippen LogP contribution in [0.25, 0.3) is 0 Å². The van der Waals surface area contributed by atoms with E-state index < -0.39 is 0 Å². The maximum absolute atomic E-state index is 6.17. The molecule has 0 spiro atoms. The standard InChI is InChI=1S/C16H17BrClNO/c1-12(15-4-2-3-5-16(15)18)19-10-11-20-14-8-6-13(17)7-9-14/h2-9,12,19H,10-11H2,1H3/t12-/m1/s1. The molecule has 0 aliphatic carbocycles. The van der Waals surface area contributed by atoms with Crippen molar-refractivity contribution in [1.29, 1.82) is 0 Å². The lowest BCUT2D eigenvalue weighted by atomic mass is 10.1. The molecule has 0 aliphatic rings. The van der Waals surface area contributed by atoms with Crippen molar-refractivity contribution in [1.82, 2.24) is 5.32 Å². The van der Waals surface area contributed by atoms with E-state index in [1.807, 2.05) is 48.5 Å². The molecule has 0 saturated carbocycles. The summed E-state index contributed by atoms with van der Waals surface area (Å²) in [6.45, 7) is 3.49. The normalized spacial score (nSPS) is 12.2. The van der Waals surface area contributed by atoms with Gasteiger partial charge in [0.2, 0.25) is 0 Å². The Morgan fingerprint density at radius 2 is 1.85 bits per heavy atom. The molecular formula is C16H17BrClNO. The Hall–Kier alpha value is -1.03. The highest BCUT2D eigenvalue weighted by Gasteiger charge is 2.07. The van der Waals surface area contributed by atoms with Gasteiger partial charge >= 0.3 is 0 Å². The third kappa shape index (κ3) is 4.51. The number of rotatable bonds is 6. The van der Waals surface area contributed by atoms with Crippen LogP contribution < -0.4 is 10.1 Å². The highest BCUT2D eigenvalue weighted by Crippen LogP contribution is 2.22. The van der Waals surface area contributed by atoms with Gasteiger partial charge in [0.05, 0.1) is 0 Å². The second-order valence-electron chi connectivity index (χ2n) is 4.50. The molecule has 2 nitrogen and oxygen atoms in total. The first kappa shape index (κ1) is 15.4. The van der Waals surface area contributed by atoms with Gasteiger partial charge < -0.3 is 10.1 Å². The van der Waals surface area contributed by atoms with Gasteiger partial charge in [-0.25, -0.2) is 0 Å². The van der Waals surface area contributed by atoms with Crippen LogP contribution in [0, 0.1) is 0 Å². The van der Waals surface area contributed by atoms with E-state index in [1.54, 1.807) is 0 Å². The molecule has 2 aromatic carbocycles. The molecule has 0 unspecified atom stereocenters. The van der Waals surface area contributed by atoms with Crippen molar-refractivity contribution in [2.45, 2.75) is 13.0 Å². The van der Waals surface area contributed by atoms with Crippen LogP contribution in [0.5, 0.6) is 5.75 Å². The molecule has 106 valence electrons. The summed E-state index contributed by atoms with van der Waals surface area (Å²) >= 11 is 9.57. The molecule has 0 aromatic heterocycles. The van der Waals surface area contributed by atoms with Crippen LogP contribution in [0.15, 0.2) is 53.0 Å². The minimum atomic E-state index is 0.206. The summed E-state index contributed by atoms with van der Waals surface area (Å²) < 4.78 is 6.71. The Kier molecular flexibility index (Phi) is 5.89. The molecule has 4 heteroatoms. The number of hydrogen-bond acceptors (Lipinski definition) is 2. The molecule has 0 heterocycles. The fourth-order valence-corrected chi connectivity index (χ4v) is 2.48. The summed E-state index contributed by atoms with van der Waals surface area (Å²) in [5, 5.41) is 4.20. The lowest BCUT2D eigenvalue weighted by molar-refractivity contribution is 0.307. The highest BCUT2D eigenvalue weighted by molar-refractivity contribution is 9.10. The lowest BCUT2D eigenvalue weighted by Crippen LogP contribution is -2.24. The summed E-state index contributed by atoms with van der Waals surface area (Å²) in [5.41, 5.74) is 1.11. The molecule has 20 heavy (non-hydrogen) atoms. The fourth-order valence-electron chi connectivity index (χ4n) is 1.91.